The molecule has 0 spiro atoms. The minimum absolute atomic E-state index is 0. The summed E-state index contributed by atoms with van der Waals surface area (Å²) in [5.74, 6) is -3.56. The van der Waals surface area contributed by atoms with Crippen LogP contribution in [0.4, 0.5) is 4.39 Å². The van der Waals surface area contributed by atoms with E-state index in [1.807, 2.05) is 0 Å². The molecule has 49 heteroatoms. The molecule has 0 fully saturated rings. The SMILES string of the molecule is [CH2-]C(CO)COP(=O)([O-])OCCOP(=O)([O-])OCCOP(=O)([O-])OCCOP(=O)([O-])OCC(CF)COP(=O)([O-])OCCOP(=O)([O-])OCCOP(=O)([O-])OCCOP(=O)([O-])OCC([CH2-])COP(=O)([O-])O.[Y].[Y]. The number of rotatable bonds is 47. The van der Waals surface area contributed by atoms with E-state index in [9.17, 15) is 89.5 Å². The van der Waals surface area contributed by atoms with E-state index in [1.165, 1.54) is 0 Å². The van der Waals surface area contributed by atoms with Gasteiger partial charge in [-0.2, -0.15) is 0 Å². The zero-order valence-electron chi connectivity index (χ0n) is 37.3. The van der Waals surface area contributed by atoms with Crippen LogP contribution in [0.3, 0.4) is 0 Å². The van der Waals surface area contributed by atoms with Crippen LogP contribution in [0.25, 0.3) is 0 Å². The predicted molar refractivity (Wildman–Crippen MR) is 206 cm³/mol. The Labute approximate surface area is 466 Å². The number of phosphoric acid groups is 9. The van der Waals surface area contributed by atoms with Gasteiger partial charge in [-0.05, 0) is 0 Å². The molecule has 0 heterocycles. The van der Waals surface area contributed by atoms with Crippen molar-refractivity contribution in [2.24, 2.45) is 17.8 Å². The molecule has 0 aromatic carbocycles. The summed E-state index contributed by atoms with van der Waals surface area (Å²) in [6.45, 7) is -11.6. The van der Waals surface area contributed by atoms with Crippen molar-refractivity contribution in [3.63, 3.8) is 0 Å². The largest absolute Gasteiger partial charge is 0.756 e. The molecular weight excluding hydrogens is 1360 g/mol. The third kappa shape index (κ3) is 48.3. The van der Waals surface area contributed by atoms with Gasteiger partial charge in [0, 0.05) is 97.8 Å². The van der Waals surface area contributed by atoms with E-state index in [0.717, 1.165) is 0 Å². The van der Waals surface area contributed by atoms with Gasteiger partial charge in [-0.25, -0.2) is 0 Å². The summed E-state index contributed by atoms with van der Waals surface area (Å²) in [5.41, 5.74) is 0. The van der Waals surface area contributed by atoms with Crippen LogP contribution in [-0.2, 0) is 183 Å². The molecule has 0 amide bonds. The van der Waals surface area contributed by atoms with Crippen molar-refractivity contribution in [2.75, 3.05) is 126 Å². The van der Waals surface area contributed by atoms with Crippen molar-refractivity contribution in [3.05, 3.63) is 13.8 Å². The molecule has 2 radical (unpaired) electrons. The Kier molecular flexibility index (Phi) is 43.5. The molecule has 37 nitrogen and oxygen atoms in total. The molecule has 0 saturated heterocycles. The standard InChI is InChI=1S/C24H56FO37P9.2Y/c1-22(16-26)17-59-68(38,39)54-11-7-50-64(30,31)46-3-5-48-66(34,35)52-9-13-56-70(42,43)61-20-24(15-25)21-62-71(44,45)57-14-10-53-67(36,37)49-6-4-47-65(32,33)51-8-12-55-69(40,41)60-19-23(2)18-58-63(27,28)29;;/h22-24,26H,1-21H2,(H,30,31)(H,32,33)(H,34,35)(H,36,37)(H,38,39)(H,40,41)(H,42,43)(H,44,45)(H2,27,28,29);;/q-2;;/p-9. The maximum Gasteiger partial charge on any atom is 0.268 e. The molecule has 0 aliphatic rings. The average Bonchev–Trinajstić information content (AvgIpc) is 3.25. The number of halogens is 1. The van der Waals surface area contributed by atoms with Gasteiger partial charge in [-0.1, -0.05) is 0 Å². The van der Waals surface area contributed by atoms with E-state index < -0.39 is 214 Å². The molecule has 73 heavy (non-hydrogen) atoms. The summed E-state index contributed by atoms with van der Waals surface area (Å²) in [6.07, 6.45) is 0. The zero-order valence-corrected chi connectivity index (χ0v) is 51.0. The van der Waals surface area contributed by atoms with E-state index in [2.05, 4.69) is 90.8 Å². The molecule has 2 N–H and O–H groups in total. The topological polar surface area (TPSA) is 559 Å². The van der Waals surface area contributed by atoms with Crippen LogP contribution in [0.2, 0.25) is 0 Å². The molecule has 0 aromatic rings. The van der Waals surface area contributed by atoms with Crippen LogP contribution in [0.15, 0.2) is 0 Å². The number of phosphoric ester groups is 9. The molecule has 434 valence electrons. The summed E-state index contributed by atoms with van der Waals surface area (Å²) in [7, 11) is -46.7. The maximum absolute atomic E-state index is 13.4. The molecule has 12 unspecified atom stereocenters. The van der Waals surface area contributed by atoms with Crippen molar-refractivity contribution in [1.82, 2.24) is 0 Å². The fraction of sp³-hybridized carbons (Fsp3) is 0.917. The van der Waals surface area contributed by atoms with E-state index in [-0.39, 0.29) is 65.4 Å². The van der Waals surface area contributed by atoms with Crippen LogP contribution in [0, 0.1) is 31.6 Å². The van der Waals surface area contributed by atoms with Gasteiger partial charge in [0.1, 0.15) is 0 Å². The van der Waals surface area contributed by atoms with Gasteiger partial charge >= 0.3 is 0 Å². The number of aliphatic hydroxyl groups is 1. The summed E-state index contributed by atoms with van der Waals surface area (Å²) >= 11 is 0. The molecule has 0 rings (SSSR count). The second-order valence-corrected chi connectivity index (χ2v) is 24.9. The van der Waals surface area contributed by atoms with Gasteiger partial charge in [0.05, 0.1) is 99.2 Å². The Bertz CT molecular complexity index is 1970. The van der Waals surface area contributed by atoms with Crippen LogP contribution in [0.5, 0.6) is 0 Å². The third-order valence-electron chi connectivity index (χ3n) is 6.32. The molecule has 12 atom stereocenters. The number of alkyl halides is 1. The minimum Gasteiger partial charge on any atom is -0.756 e. The Morgan fingerprint density at radius 1 is 0.342 bits per heavy atom. The van der Waals surface area contributed by atoms with Gasteiger partial charge in [0.2, 0.25) is 0 Å². The van der Waals surface area contributed by atoms with Crippen molar-refractivity contribution < 1.29 is 242 Å². The first-order valence-electron chi connectivity index (χ1n) is 18.8. The van der Waals surface area contributed by atoms with Gasteiger partial charge in [-0.3, -0.25) is 45.5 Å². The van der Waals surface area contributed by atoms with Crippen molar-refractivity contribution in [3.8, 4) is 0 Å². The monoisotopic (exact) mass is 1400 g/mol. The van der Waals surface area contributed by atoms with E-state index in [4.69, 9.17) is 10.00 Å². The quantitative estimate of drug-likeness (QED) is 0.0333. The maximum atomic E-state index is 13.4. The second-order valence-electron chi connectivity index (χ2n) is 12.5. The van der Waals surface area contributed by atoms with Crippen molar-refractivity contribution >= 4 is 70.4 Å². The molecule has 0 saturated carbocycles. The Morgan fingerprint density at radius 3 is 0.712 bits per heavy atom. The minimum atomic E-state index is -5.37. The van der Waals surface area contributed by atoms with Crippen LogP contribution < -0.4 is 44.0 Å². The molecule has 0 aromatic heterocycles. The smallest absolute Gasteiger partial charge is 0.268 e. The van der Waals surface area contributed by atoms with Crippen LogP contribution >= 0.6 is 70.4 Å². The van der Waals surface area contributed by atoms with Gasteiger partial charge in [0.15, 0.2) is 0 Å². The number of aliphatic hydroxyl groups excluding tert-OH is 1. The zero-order chi connectivity index (χ0) is 54.7. The summed E-state index contributed by atoms with van der Waals surface area (Å²) in [6, 6.07) is 0. The van der Waals surface area contributed by atoms with Gasteiger partial charge in [-0.15, -0.1) is 11.8 Å². The fourth-order valence-corrected chi connectivity index (χ4v) is 9.46. The molecule has 0 aliphatic carbocycles. The number of hydrogen-bond donors (Lipinski definition) is 2. The Balaban J connectivity index is -0.0000245. The van der Waals surface area contributed by atoms with Gasteiger partial charge in [0.25, 0.3) is 70.4 Å². The summed E-state index contributed by atoms with van der Waals surface area (Å²) in [4.78, 5) is 113. The van der Waals surface area contributed by atoms with Crippen LogP contribution in [0.1, 0.15) is 0 Å². The first-order valence-corrected chi connectivity index (χ1v) is 31.9. The molecule has 0 bridgehead atoms. The molecule has 0 aliphatic heterocycles. The van der Waals surface area contributed by atoms with Crippen LogP contribution in [-0.4, -0.2) is 136 Å². The van der Waals surface area contributed by atoms with Crippen molar-refractivity contribution in [2.45, 2.75) is 0 Å². The fourth-order valence-electron chi connectivity index (χ4n) is 3.31. The van der Waals surface area contributed by atoms with E-state index >= 15 is 0 Å². The third-order valence-corrected chi connectivity index (χ3v) is 14.6. The summed E-state index contributed by atoms with van der Waals surface area (Å²) in [5, 5.41) is 8.78. The predicted octanol–water partition coefficient (Wildman–Crippen LogP) is -4.05. The second kappa shape index (κ2) is 39.5. The first-order chi connectivity index (χ1) is 32.4. The molecular formula is C24H47FO37P9Y2-11. The van der Waals surface area contributed by atoms with Crippen molar-refractivity contribution in [1.29, 1.82) is 0 Å². The summed E-state index contributed by atoms with van der Waals surface area (Å²) < 4.78 is 191. The van der Waals surface area contributed by atoms with E-state index in [0.29, 0.717) is 0 Å². The van der Waals surface area contributed by atoms with E-state index in [1.54, 1.807) is 0 Å². The average molecular weight is 1400 g/mol. The first kappa shape index (κ1) is 80.3. The Morgan fingerprint density at radius 2 is 0.521 bits per heavy atom. The normalized spacial score (nSPS) is 20.8. The Hall–Kier alpha value is 3.09. The van der Waals surface area contributed by atoms with Gasteiger partial charge < -0.3 is 145 Å². The number of hydrogen-bond acceptors (Lipinski definition) is 36.